The third kappa shape index (κ3) is 8.57. The van der Waals surface area contributed by atoms with Crippen molar-refractivity contribution in [2.24, 2.45) is 0 Å². The van der Waals surface area contributed by atoms with E-state index in [2.05, 4.69) is 10.6 Å². The third-order valence-electron chi connectivity index (χ3n) is 5.17. The van der Waals surface area contributed by atoms with Crippen LogP contribution in [0, 0.1) is 0 Å². The number of hydrogen-bond acceptors (Lipinski definition) is 5. The number of rotatable bonds is 10. The van der Waals surface area contributed by atoms with Gasteiger partial charge in [0, 0.05) is 28.7 Å². The summed E-state index contributed by atoms with van der Waals surface area (Å²) in [6.07, 6.45) is 3.06. The minimum atomic E-state index is -0.599. The van der Waals surface area contributed by atoms with Crippen LogP contribution in [0.4, 0.5) is 0 Å². The second-order valence-corrected chi connectivity index (χ2v) is 8.56. The molecule has 6 nitrogen and oxygen atoms in total. The lowest BCUT2D eigenvalue weighted by Gasteiger charge is -2.30. The summed E-state index contributed by atoms with van der Waals surface area (Å²) in [7, 11) is 0. The van der Waals surface area contributed by atoms with Crippen molar-refractivity contribution in [3.05, 3.63) is 58.6 Å². The Kier molecular flexibility index (Phi) is 9.28. The van der Waals surface area contributed by atoms with E-state index in [1.807, 2.05) is 0 Å². The van der Waals surface area contributed by atoms with Gasteiger partial charge in [-0.2, -0.15) is 0 Å². The number of nitrogens with one attached hydrogen (secondary N) is 2. The van der Waals surface area contributed by atoms with E-state index in [0.29, 0.717) is 34.1 Å². The predicted molar refractivity (Wildman–Crippen MR) is 122 cm³/mol. The van der Waals surface area contributed by atoms with Crippen LogP contribution in [-0.4, -0.2) is 49.0 Å². The van der Waals surface area contributed by atoms with Crippen LogP contribution < -0.4 is 20.1 Å². The Bertz CT molecular complexity index is 809. The van der Waals surface area contributed by atoms with Gasteiger partial charge in [0.15, 0.2) is 6.61 Å². The summed E-state index contributed by atoms with van der Waals surface area (Å²) in [5.74, 6) is 1.17. The molecule has 0 heterocycles. The van der Waals surface area contributed by atoms with Crippen molar-refractivity contribution < 1.29 is 19.4 Å². The summed E-state index contributed by atoms with van der Waals surface area (Å²) < 4.78 is 11.1. The highest BCUT2D eigenvalue weighted by molar-refractivity contribution is 6.30. The second kappa shape index (κ2) is 12.2. The number of carbonyl (C=O) groups excluding carboxylic acids is 1. The van der Waals surface area contributed by atoms with Crippen molar-refractivity contribution in [2.75, 3.05) is 19.8 Å². The summed E-state index contributed by atoms with van der Waals surface area (Å²) in [6.45, 7) is 0.664. The summed E-state index contributed by atoms with van der Waals surface area (Å²) in [6, 6.07) is 14.5. The number of halogens is 2. The molecule has 1 aliphatic rings. The number of aliphatic hydroxyl groups excluding tert-OH is 1. The van der Waals surface area contributed by atoms with Gasteiger partial charge in [-0.25, -0.2) is 0 Å². The Hall–Kier alpha value is -1.99. The molecule has 1 atom stereocenters. The normalized spacial score (nSPS) is 19.5. The predicted octanol–water partition coefficient (Wildman–Crippen LogP) is 3.83. The fraction of sp³-hybridized carbons (Fsp3) is 0.435. The summed E-state index contributed by atoms with van der Waals surface area (Å²) in [5, 5.41) is 17.8. The quantitative estimate of drug-likeness (QED) is 0.495. The highest BCUT2D eigenvalue weighted by atomic mass is 35.5. The van der Waals surface area contributed by atoms with Crippen LogP contribution in [0.15, 0.2) is 48.5 Å². The van der Waals surface area contributed by atoms with Gasteiger partial charge in [-0.15, -0.1) is 0 Å². The molecule has 3 N–H and O–H groups in total. The van der Waals surface area contributed by atoms with Crippen molar-refractivity contribution in [3.8, 4) is 11.5 Å². The van der Waals surface area contributed by atoms with Gasteiger partial charge in [0.2, 0.25) is 0 Å². The van der Waals surface area contributed by atoms with Gasteiger partial charge in [0.25, 0.3) is 5.91 Å². The van der Waals surface area contributed by atoms with Crippen molar-refractivity contribution in [1.82, 2.24) is 10.6 Å². The highest BCUT2D eigenvalue weighted by Gasteiger charge is 2.23. The third-order valence-corrected chi connectivity index (χ3v) is 5.68. The molecule has 0 saturated heterocycles. The monoisotopic (exact) mass is 466 g/mol. The molecule has 2 aromatic rings. The van der Waals surface area contributed by atoms with E-state index >= 15 is 0 Å². The van der Waals surface area contributed by atoms with Crippen LogP contribution in [0.2, 0.25) is 10.0 Å². The molecule has 31 heavy (non-hydrogen) atoms. The van der Waals surface area contributed by atoms with E-state index in [4.69, 9.17) is 32.7 Å². The lowest BCUT2D eigenvalue weighted by atomic mass is 9.91. The van der Waals surface area contributed by atoms with E-state index in [-0.39, 0.29) is 25.2 Å². The molecule has 1 saturated carbocycles. The molecule has 168 valence electrons. The Morgan fingerprint density at radius 1 is 0.903 bits per heavy atom. The van der Waals surface area contributed by atoms with Crippen LogP contribution in [-0.2, 0) is 4.79 Å². The van der Waals surface area contributed by atoms with Crippen molar-refractivity contribution >= 4 is 29.1 Å². The van der Waals surface area contributed by atoms with E-state index < -0.39 is 6.10 Å². The number of aliphatic hydroxyl groups is 1. The summed E-state index contributed by atoms with van der Waals surface area (Å²) >= 11 is 11.7. The number of ether oxygens (including phenoxy) is 2. The molecule has 1 fully saturated rings. The Morgan fingerprint density at radius 2 is 1.42 bits per heavy atom. The van der Waals surface area contributed by atoms with Crippen LogP contribution in [0.1, 0.15) is 25.7 Å². The number of hydrogen-bond donors (Lipinski definition) is 3. The van der Waals surface area contributed by atoms with Gasteiger partial charge in [-0.05, 0) is 74.2 Å². The van der Waals surface area contributed by atoms with E-state index in [1.54, 1.807) is 48.5 Å². The highest BCUT2D eigenvalue weighted by Crippen LogP contribution is 2.19. The minimum Gasteiger partial charge on any atom is -0.491 e. The SMILES string of the molecule is O=C(COc1ccc(Cl)cc1)N[C@H]1CC[C@H](NCC(O)COc2ccc(Cl)cc2)CC1. The molecular weight excluding hydrogens is 439 g/mol. The number of benzene rings is 2. The zero-order valence-electron chi connectivity index (χ0n) is 17.2. The minimum absolute atomic E-state index is 0.0143. The molecule has 2 aromatic carbocycles. The lowest BCUT2D eigenvalue weighted by Crippen LogP contribution is -2.45. The topological polar surface area (TPSA) is 79.8 Å². The van der Waals surface area contributed by atoms with Crippen LogP contribution in [0.5, 0.6) is 11.5 Å². The first-order valence-electron chi connectivity index (χ1n) is 10.5. The first-order valence-corrected chi connectivity index (χ1v) is 11.2. The molecule has 0 aliphatic heterocycles. The molecule has 0 aromatic heterocycles. The molecular formula is C23H28Cl2N2O4. The molecule has 0 radical (unpaired) electrons. The standard InChI is InChI=1S/C23H28Cl2N2O4/c24-16-1-9-21(10-2-16)30-14-20(28)13-26-18-5-7-19(8-6-18)27-23(29)15-31-22-11-3-17(25)4-12-22/h1-4,9-12,18-20,26,28H,5-8,13-15H2,(H,27,29)/t18-,19-,20?. The molecule has 1 amide bonds. The maximum Gasteiger partial charge on any atom is 0.258 e. The fourth-order valence-electron chi connectivity index (χ4n) is 3.48. The molecule has 8 heteroatoms. The fourth-order valence-corrected chi connectivity index (χ4v) is 3.73. The van der Waals surface area contributed by atoms with Crippen LogP contribution in [0.25, 0.3) is 0 Å². The zero-order valence-corrected chi connectivity index (χ0v) is 18.7. The maximum atomic E-state index is 12.1. The molecule has 3 rings (SSSR count). The average Bonchev–Trinajstić information content (AvgIpc) is 2.78. The number of amides is 1. The van der Waals surface area contributed by atoms with Crippen molar-refractivity contribution in [1.29, 1.82) is 0 Å². The van der Waals surface area contributed by atoms with Crippen LogP contribution in [0.3, 0.4) is 0 Å². The number of carbonyl (C=O) groups is 1. The zero-order chi connectivity index (χ0) is 22.1. The van der Waals surface area contributed by atoms with Gasteiger partial charge >= 0.3 is 0 Å². The summed E-state index contributed by atoms with van der Waals surface area (Å²) in [4.78, 5) is 12.1. The van der Waals surface area contributed by atoms with E-state index in [9.17, 15) is 9.90 Å². The lowest BCUT2D eigenvalue weighted by molar-refractivity contribution is -0.124. The van der Waals surface area contributed by atoms with Crippen molar-refractivity contribution in [3.63, 3.8) is 0 Å². The van der Waals surface area contributed by atoms with Gasteiger partial charge in [-0.3, -0.25) is 4.79 Å². The summed E-state index contributed by atoms with van der Waals surface area (Å²) in [5.41, 5.74) is 0. The smallest absolute Gasteiger partial charge is 0.258 e. The first kappa shape index (κ1) is 23.7. The molecule has 1 unspecified atom stereocenters. The Labute approximate surface area is 192 Å². The van der Waals surface area contributed by atoms with Crippen molar-refractivity contribution in [2.45, 2.75) is 43.9 Å². The first-order chi connectivity index (χ1) is 15.0. The largest absolute Gasteiger partial charge is 0.491 e. The molecule has 1 aliphatic carbocycles. The molecule has 0 spiro atoms. The van der Waals surface area contributed by atoms with Gasteiger partial charge in [0.05, 0.1) is 0 Å². The van der Waals surface area contributed by atoms with E-state index in [1.165, 1.54) is 0 Å². The Balaban J connectivity index is 1.27. The Morgan fingerprint density at radius 3 is 2.00 bits per heavy atom. The van der Waals surface area contributed by atoms with Crippen LogP contribution >= 0.6 is 23.2 Å². The maximum absolute atomic E-state index is 12.1. The molecule has 0 bridgehead atoms. The van der Waals surface area contributed by atoms with Gasteiger partial charge < -0.3 is 25.2 Å². The van der Waals surface area contributed by atoms with Gasteiger partial charge in [-0.1, -0.05) is 23.2 Å². The van der Waals surface area contributed by atoms with Gasteiger partial charge in [0.1, 0.15) is 24.2 Å². The van der Waals surface area contributed by atoms with E-state index in [0.717, 1.165) is 25.7 Å². The second-order valence-electron chi connectivity index (χ2n) is 7.69. The average molecular weight is 467 g/mol.